The second-order valence-electron chi connectivity index (χ2n) is 6.49. The molecule has 1 atom stereocenters. The summed E-state index contributed by atoms with van der Waals surface area (Å²) >= 11 is 6.10. The van der Waals surface area contributed by atoms with Gasteiger partial charge in [-0.1, -0.05) is 11.6 Å². The van der Waals surface area contributed by atoms with Crippen molar-refractivity contribution >= 4 is 28.6 Å². The number of nitrogens with zero attached hydrogens (tertiary/aromatic N) is 3. The van der Waals surface area contributed by atoms with Gasteiger partial charge in [0.05, 0.1) is 34.5 Å². The van der Waals surface area contributed by atoms with E-state index in [2.05, 4.69) is 15.3 Å². The van der Waals surface area contributed by atoms with Crippen LogP contribution in [0.15, 0.2) is 35.4 Å². The van der Waals surface area contributed by atoms with Gasteiger partial charge in [0.2, 0.25) is 0 Å². The predicted octanol–water partition coefficient (Wildman–Crippen LogP) is 3.43. The van der Waals surface area contributed by atoms with Gasteiger partial charge in [-0.05, 0) is 30.9 Å². The van der Waals surface area contributed by atoms with Crippen LogP contribution < -0.4 is 10.9 Å². The molecule has 10 heteroatoms. The molecule has 28 heavy (non-hydrogen) atoms. The van der Waals surface area contributed by atoms with E-state index in [-0.39, 0.29) is 33.4 Å². The largest absolute Gasteiger partial charge is 0.465 e. The van der Waals surface area contributed by atoms with Crippen LogP contribution in [0, 0.1) is 17.6 Å². The molecule has 3 aromatic rings. The topological polar surface area (TPSA) is 97.1 Å². The van der Waals surface area contributed by atoms with E-state index in [0.717, 1.165) is 22.9 Å². The molecule has 1 amide bonds. The molecular weight excluding hydrogens is 394 g/mol. The second-order valence-corrected chi connectivity index (χ2v) is 6.90. The van der Waals surface area contributed by atoms with Crippen LogP contribution in [0.5, 0.6) is 0 Å². The number of hydrogen-bond acceptors (Lipinski definition) is 4. The lowest BCUT2D eigenvalue weighted by Crippen LogP contribution is -2.35. The van der Waals surface area contributed by atoms with Crippen molar-refractivity contribution in [2.45, 2.75) is 18.9 Å². The summed E-state index contributed by atoms with van der Waals surface area (Å²) in [7, 11) is 0. The minimum Gasteiger partial charge on any atom is -0.465 e. The minimum absolute atomic E-state index is 0.0206. The highest BCUT2D eigenvalue weighted by Crippen LogP contribution is 2.41. The van der Waals surface area contributed by atoms with Crippen LogP contribution in [0.2, 0.25) is 5.02 Å². The number of fused-ring (bicyclic) bond motifs is 1. The third kappa shape index (κ3) is 3.18. The van der Waals surface area contributed by atoms with Crippen molar-refractivity contribution < 1.29 is 18.7 Å². The van der Waals surface area contributed by atoms with Gasteiger partial charge in [-0.15, -0.1) is 0 Å². The Bertz CT molecular complexity index is 1160. The summed E-state index contributed by atoms with van der Waals surface area (Å²) in [5.74, 6) is -1.63. The van der Waals surface area contributed by atoms with Crippen LogP contribution in [0.4, 0.5) is 13.6 Å². The van der Waals surface area contributed by atoms with Gasteiger partial charge in [0.1, 0.15) is 23.0 Å². The average Bonchev–Trinajstić information content (AvgIpc) is 3.47. The third-order valence-corrected chi connectivity index (χ3v) is 4.86. The van der Waals surface area contributed by atoms with Crippen LogP contribution in [0.3, 0.4) is 0 Å². The standard InChI is InChI=1S/C18H13ClF2N4O3/c19-11-3-4-12(21)15-13(11)17(26)25(10-5-9(20)6-22-7-10)16(23-15)14(8-1-2-8)24-18(27)28/h3-8,14,24H,1-2H2,(H,27,28). The number of hydrogen-bond donors (Lipinski definition) is 2. The molecule has 2 aromatic heterocycles. The Kier molecular flexibility index (Phi) is 4.46. The minimum atomic E-state index is -1.32. The Morgan fingerprint density at radius 2 is 2.07 bits per heavy atom. The highest BCUT2D eigenvalue weighted by Gasteiger charge is 2.37. The van der Waals surface area contributed by atoms with E-state index < -0.39 is 29.3 Å². The molecule has 1 aliphatic rings. The maximum atomic E-state index is 14.4. The van der Waals surface area contributed by atoms with Gasteiger partial charge in [-0.25, -0.2) is 18.6 Å². The number of amides is 1. The van der Waals surface area contributed by atoms with E-state index in [4.69, 9.17) is 11.6 Å². The van der Waals surface area contributed by atoms with Crippen LogP contribution in [0.25, 0.3) is 16.6 Å². The smallest absolute Gasteiger partial charge is 0.405 e. The molecule has 1 unspecified atom stereocenters. The molecule has 0 radical (unpaired) electrons. The number of benzene rings is 1. The van der Waals surface area contributed by atoms with Crippen LogP contribution in [0.1, 0.15) is 24.7 Å². The van der Waals surface area contributed by atoms with Gasteiger partial charge in [-0.3, -0.25) is 14.3 Å². The number of pyridine rings is 1. The van der Waals surface area contributed by atoms with Gasteiger partial charge >= 0.3 is 6.09 Å². The van der Waals surface area contributed by atoms with Gasteiger partial charge in [-0.2, -0.15) is 0 Å². The molecule has 0 bridgehead atoms. The van der Waals surface area contributed by atoms with Crippen molar-refractivity contribution in [1.29, 1.82) is 0 Å². The SMILES string of the molecule is O=C(O)NC(c1nc2c(F)ccc(Cl)c2c(=O)n1-c1cncc(F)c1)C1CC1. The zero-order valence-electron chi connectivity index (χ0n) is 14.2. The summed E-state index contributed by atoms with van der Waals surface area (Å²) in [5, 5.41) is 11.3. The van der Waals surface area contributed by atoms with E-state index in [1.165, 1.54) is 12.3 Å². The first-order chi connectivity index (χ1) is 13.4. The third-order valence-electron chi connectivity index (χ3n) is 4.55. The molecule has 2 N–H and O–H groups in total. The van der Waals surface area contributed by atoms with Crippen LogP contribution >= 0.6 is 11.6 Å². The molecule has 1 fully saturated rings. The number of carbonyl (C=O) groups is 1. The fraction of sp³-hybridized carbons (Fsp3) is 0.222. The summed E-state index contributed by atoms with van der Waals surface area (Å²) in [5.41, 5.74) is -0.978. The zero-order chi connectivity index (χ0) is 20.0. The fourth-order valence-electron chi connectivity index (χ4n) is 3.17. The Morgan fingerprint density at radius 1 is 1.32 bits per heavy atom. The number of rotatable bonds is 4. The number of halogens is 3. The Balaban J connectivity index is 2.09. The Hall–Kier alpha value is -3.07. The van der Waals surface area contributed by atoms with E-state index in [1.54, 1.807) is 0 Å². The van der Waals surface area contributed by atoms with Crippen molar-refractivity contribution in [3.63, 3.8) is 0 Å². The van der Waals surface area contributed by atoms with E-state index in [0.29, 0.717) is 12.8 Å². The van der Waals surface area contributed by atoms with E-state index in [9.17, 15) is 23.5 Å². The molecule has 7 nitrogen and oxygen atoms in total. The fourth-order valence-corrected chi connectivity index (χ4v) is 3.40. The molecule has 1 saturated carbocycles. The van der Waals surface area contributed by atoms with Crippen molar-refractivity contribution in [2.75, 3.05) is 0 Å². The first-order valence-corrected chi connectivity index (χ1v) is 8.75. The van der Waals surface area contributed by atoms with Crippen LogP contribution in [-0.2, 0) is 0 Å². The van der Waals surface area contributed by atoms with Gasteiger partial charge in [0, 0.05) is 6.07 Å². The molecule has 1 aromatic carbocycles. The van der Waals surface area contributed by atoms with Crippen molar-refractivity contribution in [2.24, 2.45) is 5.92 Å². The average molecular weight is 407 g/mol. The molecule has 2 heterocycles. The first kappa shape index (κ1) is 18.3. The summed E-state index contributed by atoms with van der Waals surface area (Å²) in [6.07, 6.45) is 2.29. The van der Waals surface area contributed by atoms with E-state index >= 15 is 0 Å². The number of carboxylic acid groups (broad SMARTS) is 1. The molecule has 1 aliphatic carbocycles. The maximum Gasteiger partial charge on any atom is 0.405 e. The normalized spacial score (nSPS) is 14.8. The molecule has 144 valence electrons. The summed E-state index contributed by atoms with van der Waals surface area (Å²) in [4.78, 5) is 32.5. The van der Waals surface area contributed by atoms with Crippen molar-refractivity contribution in [3.8, 4) is 5.69 Å². The lowest BCUT2D eigenvalue weighted by molar-refractivity contribution is 0.187. The molecule has 0 aliphatic heterocycles. The molecule has 4 rings (SSSR count). The summed E-state index contributed by atoms with van der Waals surface area (Å²) < 4.78 is 29.2. The lowest BCUT2D eigenvalue weighted by Gasteiger charge is -2.21. The highest BCUT2D eigenvalue weighted by atomic mass is 35.5. The summed E-state index contributed by atoms with van der Waals surface area (Å²) in [6, 6.07) is 2.48. The highest BCUT2D eigenvalue weighted by molar-refractivity contribution is 6.35. The summed E-state index contributed by atoms with van der Waals surface area (Å²) in [6.45, 7) is 0. The monoisotopic (exact) mass is 406 g/mol. The zero-order valence-corrected chi connectivity index (χ0v) is 15.0. The van der Waals surface area contributed by atoms with Crippen LogP contribution in [-0.4, -0.2) is 25.7 Å². The maximum absolute atomic E-state index is 14.4. The quantitative estimate of drug-likeness (QED) is 0.691. The van der Waals surface area contributed by atoms with Crippen molar-refractivity contribution in [3.05, 3.63) is 63.4 Å². The molecule has 0 spiro atoms. The number of nitrogens with one attached hydrogen (secondary N) is 1. The Labute approximate surface area is 161 Å². The van der Waals surface area contributed by atoms with Gasteiger partial charge in [0.25, 0.3) is 5.56 Å². The van der Waals surface area contributed by atoms with Gasteiger partial charge in [0.15, 0.2) is 0 Å². The van der Waals surface area contributed by atoms with E-state index in [1.807, 2.05) is 0 Å². The Morgan fingerprint density at radius 3 is 2.71 bits per heavy atom. The van der Waals surface area contributed by atoms with Crippen molar-refractivity contribution in [1.82, 2.24) is 19.9 Å². The first-order valence-electron chi connectivity index (χ1n) is 8.38. The van der Waals surface area contributed by atoms with Gasteiger partial charge < -0.3 is 10.4 Å². The second kappa shape index (κ2) is 6.83. The number of aromatic nitrogens is 3. The lowest BCUT2D eigenvalue weighted by atomic mass is 10.1. The molecule has 0 saturated heterocycles. The predicted molar refractivity (Wildman–Crippen MR) is 96.7 cm³/mol. The molecular formula is C18H13ClF2N4O3.